The van der Waals surface area contributed by atoms with E-state index >= 15 is 0 Å². The summed E-state index contributed by atoms with van der Waals surface area (Å²) >= 11 is 0. The third kappa shape index (κ3) is 3.62. The molecule has 1 aliphatic carbocycles. The van der Waals surface area contributed by atoms with Crippen molar-refractivity contribution in [3.8, 4) is 11.8 Å². The molecule has 0 aliphatic heterocycles. The molecule has 1 aliphatic rings. The fourth-order valence-electron chi connectivity index (χ4n) is 1.46. The molecule has 1 fully saturated rings. The monoisotopic (exact) mass is 162 g/mol. The first-order chi connectivity index (χ1) is 5.93. The molecular weight excluding hydrogens is 144 g/mol. The molecule has 1 saturated carbocycles. The number of unbranched alkanes of at least 4 members (excludes halogenated alkanes) is 2. The molecule has 0 N–H and O–H groups in total. The maximum absolute atomic E-state index is 3.19. The van der Waals surface area contributed by atoms with E-state index in [2.05, 4.69) is 24.8 Å². The molecule has 0 spiro atoms. The standard InChI is InChI=1S/C12H18/c1-2-3-4-5-6-9-12-10-7-8-11-12/h9H,2-4,7-8,10-11H2,1H3. The highest BCUT2D eigenvalue weighted by Crippen LogP contribution is 2.22. The Morgan fingerprint density at radius 2 is 2.08 bits per heavy atom. The van der Waals surface area contributed by atoms with Crippen LogP contribution in [-0.4, -0.2) is 0 Å². The Morgan fingerprint density at radius 1 is 1.33 bits per heavy atom. The van der Waals surface area contributed by atoms with Gasteiger partial charge in [-0.3, -0.25) is 0 Å². The Balaban J connectivity index is 2.20. The van der Waals surface area contributed by atoms with Gasteiger partial charge in [-0.15, -0.1) is 0 Å². The van der Waals surface area contributed by atoms with Crippen LogP contribution in [0.15, 0.2) is 11.6 Å². The van der Waals surface area contributed by atoms with Crippen LogP contribution < -0.4 is 0 Å². The molecule has 0 unspecified atom stereocenters. The molecule has 0 radical (unpaired) electrons. The molecule has 0 aromatic carbocycles. The predicted octanol–water partition coefficient (Wildman–Crippen LogP) is 3.68. The minimum atomic E-state index is 1.07. The number of allylic oxidation sites excluding steroid dienone is 2. The third-order valence-corrected chi connectivity index (χ3v) is 2.28. The lowest BCUT2D eigenvalue weighted by atomic mass is 10.2. The lowest BCUT2D eigenvalue weighted by molar-refractivity contribution is 0.828. The lowest BCUT2D eigenvalue weighted by Crippen LogP contribution is -1.70. The van der Waals surface area contributed by atoms with Crippen molar-refractivity contribution in [1.29, 1.82) is 0 Å². The molecule has 66 valence electrons. The van der Waals surface area contributed by atoms with Crippen LogP contribution in [0.4, 0.5) is 0 Å². The number of hydrogen-bond donors (Lipinski definition) is 0. The summed E-state index contributed by atoms with van der Waals surface area (Å²) in [5, 5.41) is 0. The lowest BCUT2D eigenvalue weighted by Gasteiger charge is -1.87. The fraction of sp³-hybridized carbons (Fsp3) is 0.667. The van der Waals surface area contributed by atoms with Gasteiger partial charge in [0.1, 0.15) is 0 Å². The van der Waals surface area contributed by atoms with Crippen molar-refractivity contribution in [3.63, 3.8) is 0 Å². The molecular formula is C12H18. The molecule has 0 aromatic rings. The van der Waals surface area contributed by atoms with E-state index in [1.807, 2.05) is 0 Å². The van der Waals surface area contributed by atoms with Gasteiger partial charge in [-0.2, -0.15) is 0 Å². The molecule has 1 rings (SSSR count). The van der Waals surface area contributed by atoms with Crippen LogP contribution >= 0.6 is 0 Å². The van der Waals surface area contributed by atoms with Crippen LogP contribution in [0.2, 0.25) is 0 Å². The zero-order valence-electron chi connectivity index (χ0n) is 8.03. The van der Waals surface area contributed by atoms with Gasteiger partial charge in [0.15, 0.2) is 0 Å². The van der Waals surface area contributed by atoms with Gasteiger partial charge in [0, 0.05) is 6.42 Å². The predicted molar refractivity (Wildman–Crippen MR) is 53.9 cm³/mol. The van der Waals surface area contributed by atoms with Gasteiger partial charge >= 0.3 is 0 Å². The molecule has 0 heteroatoms. The zero-order valence-corrected chi connectivity index (χ0v) is 8.03. The van der Waals surface area contributed by atoms with Crippen molar-refractivity contribution in [2.24, 2.45) is 0 Å². The first-order valence-electron chi connectivity index (χ1n) is 5.10. The van der Waals surface area contributed by atoms with E-state index in [-0.39, 0.29) is 0 Å². The van der Waals surface area contributed by atoms with Gasteiger partial charge < -0.3 is 0 Å². The minimum Gasteiger partial charge on any atom is -0.0985 e. The van der Waals surface area contributed by atoms with Crippen molar-refractivity contribution in [2.75, 3.05) is 0 Å². The summed E-state index contributed by atoms with van der Waals surface area (Å²) in [6.45, 7) is 2.21. The average molecular weight is 162 g/mol. The van der Waals surface area contributed by atoms with E-state index in [1.165, 1.54) is 38.5 Å². The quantitative estimate of drug-likeness (QED) is 0.429. The van der Waals surface area contributed by atoms with Crippen LogP contribution in [0.25, 0.3) is 0 Å². The van der Waals surface area contributed by atoms with E-state index in [0.29, 0.717) is 0 Å². The molecule has 0 amide bonds. The molecule has 0 bridgehead atoms. The van der Waals surface area contributed by atoms with Gasteiger partial charge in [0.25, 0.3) is 0 Å². The molecule has 0 heterocycles. The summed E-state index contributed by atoms with van der Waals surface area (Å²) in [5.74, 6) is 6.34. The average Bonchev–Trinajstić information content (AvgIpc) is 2.57. The van der Waals surface area contributed by atoms with E-state index in [4.69, 9.17) is 0 Å². The van der Waals surface area contributed by atoms with Gasteiger partial charge in [-0.1, -0.05) is 30.8 Å². The summed E-state index contributed by atoms with van der Waals surface area (Å²) in [7, 11) is 0. The van der Waals surface area contributed by atoms with Crippen molar-refractivity contribution in [1.82, 2.24) is 0 Å². The second-order valence-corrected chi connectivity index (χ2v) is 3.43. The summed E-state index contributed by atoms with van der Waals surface area (Å²) in [6, 6.07) is 0. The molecule has 0 atom stereocenters. The maximum atomic E-state index is 3.19. The van der Waals surface area contributed by atoms with Crippen molar-refractivity contribution in [3.05, 3.63) is 11.6 Å². The SMILES string of the molecule is CCCCC#CC=C1CCCC1. The number of rotatable bonds is 2. The summed E-state index contributed by atoms with van der Waals surface area (Å²) in [6.07, 6.45) is 11.1. The van der Waals surface area contributed by atoms with E-state index < -0.39 is 0 Å². The Hall–Kier alpha value is -0.700. The second kappa shape index (κ2) is 5.89. The van der Waals surface area contributed by atoms with Crippen LogP contribution in [0, 0.1) is 11.8 Å². The van der Waals surface area contributed by atoms with Crippen LogP contribution in [-0.2, 0) is 0 Å². The summed E-state index contributed by atoms with van der Waals surface area (Å²) in [4.78, 5) is 0. The third-order valence-electron chi connectivity index (χ3n) is 2.28. The molecule has 12 heavy (non-hydrogen) atoms. The first-order valence-corrected chi connectivity index (χ1v) is 5.10. The highest BCUT2D eigenvalue weighted by atomic mass is 14.1. The van der Waals surface area contributed by atoms with Gasteiger partial charge in [0.2, 0.25) is 0 Å². The molecule has 0 aromatic heterocycles. The second-order valence-electron chi connectivity index (χ2n) is 3.43. The van der Waals surface area contributed by atoms with Crippen LogP contribution in [0.3, 0.4) is 0 Å². The van der Waals surface area contributed by atoms with Gasteiger partial charge in [0.05, 0.1) is 0 Å². The number of hydrogen-bond acceptors (Lipinski definition) is 0. The normalized spacial score (nSPS) is 15.6. The Labute approximate surface area is 76.1 Å². The Bertz CT molecular complexity index is 192. The topological polar surface area (TPSA) is 0 Å². The highest BCUT2D eigenvalue weighted by Gasteiger charge is 2.03. The smallest absolute Gasteiger partial charge is 0.00921 e. The zero-order chi connectivity index (χ0) is 8.65. The first kappa shape index (κ1) is 9.39. The molecule has 0 nitrogen and oxygen atoms in total. The van der Waals surface area contributed by atoms with Gasteiger partial charge in [-0.05, 0) is 38.2 Å². The van der Waals surface area contributed by atoms with E-state index in [0.717, 1.165) is 6.42 Å². The molecule has 0 saturated heterocycles. The minimum absolute atomic E-state index is 1.07. The maximum Gasteiger partial charge on any atom is 0.00921 e. The van der Waals surface area contributed by atoms with Crippen LogP contribution in [0.1, 0.15) is 51.9 Å². The highest BCUT2D eigenvalue weighted by molar-refractivity contribution is 5.22. The fourth-order valence-corrected chi connectivity index (χ4v) is 1.46. The van der Waals surface area contributed by atoms with Crippen molar-refractivity contribution < 1.29 is 0 Å². The largest absolute Gasteiger partial charge is 0.0985 e. The summed E-state index contributed by atoms with van der Waals surface area (Å²) < 4.78 is 0. The Kier molecular flexibility index (Phi) is 4.61. The van der Waals surface area contributed by atoms with Crippen molar-refractivity contribution in [2.45, 2.75) is 51.9 Å². The van der Waals surface area contributed by atoms with Crippen molar-refractivity contribution >= 4 is 0 Å². The van der Waals surface area contributed by atoms with E-state index in [9.17, 15) is 0 Å². The Morgan fingerprint density at radius 3 is 2.75 bits per heavy atom. The summed E-state index contributed by atoms with van der Waals surface area (Å²) in [5.41, 5.74) is 1.57. The van der Waals surface area contributed by atoms with Gasteiger partial charge in [-0.25, -0.2) is 0 Å². The van der Waals surface area contributed by atoms with E-state index in [1.54, 1.807) is 5.57 Å². The van der Waals surface area contributed by atoms with Crippen LogP contribution in [0.5, 0.6) is 0 Å².